The molecular formula is C15H19N3S. The quantitative estimate of drug-likeness (QED) is 0.842. The molecule has 2 aromatic rings. The summed E-state index contributed by atoms with van der Waals surface area (Å²) in [5, 5.41) is 6.94. The summed E-state index contributed by atoms with van der Waals surface area (Å²) >= 11 is 1.72. The number of hydrogen-bond acceptors (Lipinski definition) is 4. The fourth-order valence-corrected chi connectivity index (χ4v) is 3.39. The zero-order valence-corrected chi connectivity index (χ0v) is 12.0. The maximum absolute atomic E-state index is 5.83. The summed E-state index contributed by atoms with van der Waals surface area (Å²) in [6, 6.07) is 6.77. The molecule has 0 bridgehead atoms. The normalized spacial score (nSPS) is 17.6. The zero-order valence-electron chi connectivity index (χ0n) is 11.1. The molecule has 0 saturated carbocycles. The van der Waals surface area contributed by atoms with Crippen molar-refractivity contribution in [2.24, 2.45) is 0 Å². The van der Waals surface area contributed by atoms with Crippen molar-refractivity contribution < 1.29 is 0 Å². The summed E-state index contributed by atoms with van der Waals surface area (Å²) in [7, 11) is 0. The van der Waals surface area contributed by atoms with E-state index in [2.05, 4.69) is 34.7 Å². The van der Waals surface area contributed by atoms with Crippen LogP contribution in [0.5, 0.6) is 0 Å². The highest BCUT2D eigenvalue weighted by Gasteiger charge is 2.21. The topological polar surface area (TPSA) is 50.9 Å². The van der Waals surface area contributed by atoms with Gasteiger partial charge in [-0.15, -0.1) is 11.3 Å². The summed E-state index contributed by atoms with van der Waals surface area (Å²) in [5.41, 5.74) is 10.7. The Morgan fingerprint density at radius 2 is 2.37 bits per heavy atom. The Hall–Kier alpha value is -1.39. The molecule has 3 N–H and O–H groups in total. The molecule has 1 aliphatic rings. The van der Waals surface area contributed by atoms with Gasteiger partial charge in [-0.1, -0.05) is 6.07 Å². The highest BCUT2D eigenvalue weighted by atomic mass is 32.1. The molecule has 0 saturated heterocycles. The van der Waals surface area contributed by atoms with E-state index in [0.717, 1.165) is 30.1 Å². The number of aromatic nitrogens is 1. The Bertz CT molecular complexity index is 577. The number of thiazole rings is 1. The van der Waals surface area contributed by atoms with Crippen molar-refractivity contribution >= 4 is 17.0 Å². The molecule has 1 unspecified atom stereocenters. The van der Waals surface area contributed by atoms with Crippen LogP contribution in [0.1, 0.15) is 34.3 Å². The third-order valence-corrected chi connectivity index (χ3v) is 4.51. The largest absolute Gasteiger partial charge is 0.399 e. The van der Waals surface area contributed by atoms with Gasteiger partial charge in [-0.05, 0) is 43.0 Å². The minimum absolute atomic E-state index is 0.482. The zero-order chi connectivity index (χ0) is 13.2. The lowest BCUT2D eigenvalue weighted by molar-refractivity contribution is 0.532. The summed E-state index contributed by atoms with van der Waals surface area (Å²) in [6.45, 7) is 3.04. The molecule has 0 spiro atoms. The molecule has 3 nitrogen and oxygen atoms in total. The average molecular weight is 273 g/mol. The molecule has 1 aromatic heterocycles. The molecule has 19 heavy (non-hydrogen) atoms. The van der Waals surface area contributed by atoms with Gasteiger partial charge in [0.2, 0.25) is 0 Å². The van der Waals surface area contributed by atoms with Crippen molar-refractivity contribution in [3.63, 3.8) is 0 Å². The van der Waals surface area contributed by atoms with Crippen LogP contribution in [0.3, 0.4) is 0 Å². The number of hydrogen-bond donors (Lipinski definition) is 2. The van der Waals surface area contributed by atoms with Gasteiger partial charge in [-0.3, -0.25) is 0 Å². The molecule has 1 aliphatic carbocycles. The molecule has 0 fully saturated rings. The number of benzene rings is 1. The standard InChI is InChI=1S/C15H19N3S/c1-10-18-13(9-19-10)6-7-17-15-5-2-11-8-12(16)3-4-14(11)15/h3-4,8-9,15,17H,2,5-7,16H2,1H3. The fraction of sp³-hybridized carbons (Fsp3) is 0.400. The Morgan fingerprint density at radius 1 is 1.47 bits per heavy atom. The van der Waals surface area contributed by atoms with Crippen LogP contribution in [-0.2, 0) is 12.8 Å². The molecular weight excluding hydrogens is 254 g/mol. The molecule has 0 radical (unpaired) electrons. The molecule has 0 amide bonds. The van der Waals surface area contributed by atoms with Crippen LogP contribution in [0.2, 0.25) is 0 Å². The number of aryl methyl sites for hydroxylation is 2. The van der Waals surface area contributed by atoms with Gasteiger partial charge < -0.3 is 11.1 Å². The summed E-state index contributed by atoms with van der Waals surface area (Å²) < 4.78 is 0. The predicted octanol–water partition coefficient (Wildman–Crippen LogP) is 2.85. The summed E-state index contributed by atoms with van der Waals surface area (Å²) in [5.74, 6) is 0. The van der Waals surface area contributed by atoms with Gasteiger partial charge in [0.1, 0.15) is 0 Å². The summed E-state index contributed by atoms with van der Waals surface area (Å²) in [6.07, 6.45) is 3.31. The Labute approximate surface area is 117 Å². The van der Waals surface area contributed by atoms with E-state index in [1.54, 1.807) is 11.3 Å². The van der Waals surface area contributed by atoms with Crippen LogP contribution in [0.4, 0.5) is 5.69 Å². The van der Waals surface area contributed by atoms with Crippen molar-refractivity contribution in [1.82, 2.24) is 10.3 Å². The second kappa shape index (κ2) is 5.31. The number of fused-ring (bicyclic) bond motifs is 1. The van der Waals surface area contributed by atoms with E-state index in [4.69, 9.17) is 5.73 Å². The van der Waals surface area contributed by atoms with Crippen molar-refractivity contribution in [3.8, 4) is 0 Å². The van der Waals surface area contributed by atoms with Gasteiger partial charge in [0.05, 0.1) is 10.7 Å². The van der Waals surface area contributed by atoms with E-state index in [0.29, 0.717) is 6.04 Å². The number of nitrogens with one attached hydrogen (secondary N) is 1. The van der Waals surface area contributed by atoms with Gasteiger partial charge in [0, 0.05) is 30.1 Å². The Balaban J connectivity index is 1.58. The molecule has 4 heteroatoms. The first-order valence-corrected chi connectivity index (χ1v) is 7.63. The first kappa shape index (κ1) is 12.6. The lowest BCUT2D eigenvalue weighted by Gasteiger charge is -2.13. The minimum Gasteiger partial charge on any atom is -0.399 e. The van der Waals surface area contributed by atoms with Gasteiger partial charge in [-0.25, -0.2) is 4.98 Å². The van der Waals surface area contributed by atoms with Crippen molar-refractivity contribution in [2.45, 2.75) is 32.2 Å². The SMILES string of the molecule is Cc1nc(CCNC2CCc3cc(N)ccc32)cs1. The van der Waals surface area contributed by atoms with Gasteiger partial charge >= 0.3 is 0 Å². The van der Waals surface area contributed by atoms with E-state index in [1.165, 1.54) is 23.2 Å². The minimum atomic E-state index is 0.482. The van der Waals surface area contributed by atoms with Crippen LogP contribution in [0.25, 0.3) is 0 Å². The Kier molecular flexibility index (Phi) is 3.53. The van der Waals surface area contributed by atoms with E-state index < -0.39 is 0 Å². The third kappa shape index (κ3) is 2.80. The van der Waals surface area contributed by atoms with E-state index >= 15 is 0 Å². The van der Waals surface area contributed by atoms with Gasteiger partial charge in [-0.2, -0.15) is 0 Å². The van der Waals surface area contributed by atoms with Crippen molar-refractivity contribution in [2.75, 3.05) is 12.3 Å². The molecule has 1 heterocycles. The second-order valence-corrected chi connectivity index (χ2v) is 6.17. The molecule has 3 rings (SSSR count). The molecule has 1 atom stereocenters. The monoisotopic (exact) mass is 273 g/mol. The average Bonchev–Trinajstić information content (AvgIpc) is 2.96. The Morgan fingerprint density at radius 3 is 3.16 bits per heavy atom. The van der Waals surface area contributed by atoms with E-state index in [9.17, 15) is 0 Å². The number of nitrogens with zero attached hydrogens (tertiary/aromatic N) is 1. The highest BCUT2D eigenvalue weighted by molar-refractivity contribution is 7.09. The first-order valence-electron chi connectivity index (χ1n) is 6.75. The van der Waals surface area contributed by atoms with Crippen LogP contribution >= 0.6 is 11.3 Å². The number of nitrogens with two attached hydrogens (primary N) is 1. The van der Waals surface area contributed by atoms with E-state index in [-0.39, 0.29) is 0 Å². The van der Waals surface area contributed by atoms with Crippen LogP contribution < -0.4 is 11.1 Å². The number of nitrogen functional groups attached to an aromatic ring is 1. The predicted molar refractivity (Wildman–Crippen MR) is 80.5 cm³/mol. The van der Waals surface area contributed by atoms with Crippen molar-refractivity contribution in [3.05, 3.63) is 45.4 Å². The maximum atomic E-state index is 5.83. The van der Waals surface area contributed by atoms with Crippen LogP contribution in [0, 0.1) is 6.92 Å². The smallest absolute Gasteiger partial charge is 0.0897 e. The third-order valence-electron chi connectivity index (χ3n) is 3.68. The number of anilines is 1. The first-order chi connectivity index (χ1) is 9.22. The molecule has 0 aliphatic heterocycles. The van der Waals surface area contributed by atoms with Crippen LogP contribution in [-0.4, -0.2) is 11.5 Å². The summed E-state index contributed by atoms with van der Waals surface area (Å²) in [4.78, 5) is 4.49. The lowest BCUT2D eigenvalue weighted by atomic mass is 10.1. The molecule has 100 valence electrons. The fourth-order valence-electron chi connectivity index (χ4n) is 2.75. The highest BCUT2D eigenvalue weighted by Crippen LogP contribution is 2.32. The van der Waals surface area contributed by atoms with Crippen LogP contribution in [0.15, 0.2) is 23.6 Å². The van der Waals surface area contributed by atoms with E-state index in [1.807, 2.05) is 6.07 Å². The van der Waals surface area contributed by atoms with Crippen molar-refractivity contribution in [1.29, 1.82) is 0 Å². The lowest BCUT2D eigenvalue weighted by Crippen LogP contribution is -2.22. The van der Waals surface area contributed by atoms with Gasteiger partial charge in [0.25, 0.3) is 0 Å². The maximum Gasteiger partial charge on any atom is 0.0897 e. The number of rotatable bonds is 4. The van der Waals surface area contributed by atoms with Gasteiger partial charge in [0.15, 0.2) is 0 Å². The second-order valence-electron chi connectivity index (χ2n) is 5.11. The molecule has 1 aromatic carbocycles.